The second-order valence-electron chi connectivity index (χ2n) is 6.14. The molecule has 0 fully saturated rings. The monoisotopic (exact) mass is 386 g/mol. The quantitative estimate of drug-likeness (QED) is 0.669. The maximum atomic E-state index is 13.0. The minimum Gasteiger partial charge on any atom is -0.365 e. The van der Waals surface area contributed by atoms with E-state index in [1.165, 1.54) is 24.3 Å². The molecule has 0 aliphatic carbocycles. The zero-order valence-electron chi connectivity index (χ0n) is 14.9. The van der Waals surface area contributed by atoms with E-state index >= 15 is 0 Å². The summed E-state index contributed by atoms with van der Waals surface area (Å²) < 4.78 is 39.0. The molecule has 5 nitrogen and oxygen atoms in total. The number of anilines is 2. The van der Waals surface area contributed by atoms with Crippen molar-refractivity contribution in [3.8, 4) is 0 Å². The maximum Gasteiger partial charge on any atom is 0.418 e. The summed E-state index contributed by atoms with van der Waals surface area (Å²) in [6.45, 7) is 2.52. The zero-order chi connectivity index (χ0) is 20.1. The van der Waals surface area contributed by atoms with Crippen LogP contribution in [-0.2, 0) is 12.7 Å². The van der Waals surface area contributed by atoms with Crippen LogP contribution in [0.2, 0.25) is 0 Å². The Morgan fingerprint density at radius 1 is 1.00 bits per heavy atom. The van der Waals surface area contributed by atoms with Crippen LogP contribution in [0.15, 0.2) is 60.7 Å². The van der Waals surface area contributed by atoms with Gasteiger partial charge in [0.15, 0.2) is 5.69 Å². The summed E-state index contributed by atoms with van der Waals surface area (Å²) in [5.41, 5.74) is 0.859. The Morgan fingerprint density at radius 2 is 1.79 bits per heavy atom. The molecule has 1 amide bonds. The van der Waals surface area contributed by atoms with Crippen molar-refractivity contribution >= 4 is 17.4 Å². The smallest absolute Gasteiger partial charge is 0.365 e. The zero-order valence-corrected chi connectivity index (χ0v) is 14.9. The van der Waals surface area contributed by atoms with Gasteiger partial charge in [-0.25, -0.2) is 0 Å². The van der Waals surface area contributed by atoms with Gasteiger partial charge in [-0.2, -0.15) is 13.2 Å². The van der Waals surface area contributed by atoms with Crippen molar-refractivity contribution in [3.63, 3.8) is 0 Å². The fourth-order valence-electron chi connectivity index (χ4n) is 2.59. The number of nitrogens with zero attached hydrogens (tertiary/aromatic N) is 2. The third-order valence-electron chi connectivity index (χ3n) is 3.93. The molecule has 144 valence electrons. The summed E-state index contributed by atoms with van der Waals surface area (Å²) in [7, 11) is 0. The number of carbonyl (C=O) groups excluding carboxylic acids is 1. The van der Waals surface area contributed by atoms with E-state index in [1.807, 2.05) is 31.2 Å². The van der Waals surface area contributed by atoms with Gasteiger partial charge in [0.2, 0.25) is 0 Å². The van der Waals surface area contributed by atoms with Gasteiger partial charge in [-0.15, -0.1) is 10.2 Å². The first-order chi connectivity index (χ1) is 13.3. The van der Waals surface area contributed by atoms with Crippen molar-refractivity contribution in [1.82, 2.24) is 10.2 Å². The molecule has 0 saturated heterocycles. The summed E-state index contributed by atoms with van der Waals surface area (Å²) in [6.07, 6.45) is -4.57. The molecule has 0 aliphatic heterocycles. The molecule has 2 N–H and O–H groups in total. The molecule has 3 aromatic rings. The van der Waals surface area contributed by atoms with Crippen molar-refractivity contribution in [2.75, 3.05) is 10.6 Å². The molecule has 0 spiro atoms. The van der Waals surface area contributed by atoms with Crippen molar-refractivity contribution in [1.29, 1.82) is 0 Å². The van der Waals surface area contributed by atoms with Crippen molar-refractivity contribution < 1.29 is 18.0 Å². The van der Waals surface area contributed by atoms with E-state index in [1.54, 1.807) is 6.07 Å². The highest BCUT2D eigenvalue weighted by atomic mass is 19.4. The average molecular weight is 386 g/mol. The van der Waals surface area contributed by atoms with Crippen LogP contribution < -0.4 is 10.6 Å². The number of rotatable bonds is 5. The molecular weight excluding hydrogens is 369 g/mol. The van der Waals surface area contributed by atoms with Gasteiger partial charge in [-0.05, 0) is 36.8 Å². The summed E-state index contributed by atoms with van der Waals surface area (Å²) in [6, 6.07) is 15.6. The predicted octanol–water partition coefficient (Wildman–Crippen LogP) is 4.67. The van der Waals surface area contributed by atoms with Gasteiger partial charge in [0.05, 0.1) is 11.3 Å². The van der Waals surface area contributed by atoms with Gasteiger partial charge in [-0.1, -0.05) is 42.0 Å². The largest absolute Gasteiger partial charge is 0.418 e. The van der Waals surface area contributed by atoms with Gasteiger partial charge in [0.25, 0.3) is 5.91 Å². The van der Waals surface area contributed by atoms with Gasteiger partial charge < -0.3 is 10.6 Å². The number of aromatic nitrogens is 2. The molecule has 0 bridgehead atoms. The highest BCUT2D eigenvalue weighted by Gasteiger charge is 2.33. The Morgan fingerprint density at radius 3 is 2.46 bits per heavy atom. The molecule has 0 radical (unpaired) electrons. The first kappa shape index (κ1) is 19.3. The van der Waals surface area contributed by atoms with Crippen molar-refractivity contribution in [2.24, 2.45) is 0 Å². The number of benzene rings is 2. The Hall–Kier alpha value is -3.42. The molecule has 0 aliphatic rings. The third-order valence-corrected chi connectivity index (χ3v) is 3.93. The van der Waals surface area contributed by atoms with E-state index in [0.29, 0.717) is 12.4 Å². The summed E-state index contributed by atoms with van der Waals surface area (Å²) in [5, 5.41) is 13.0. The lowest BCUT2D eigenvalue weighted by atomic mass is 10.1. The van der Waals surface area contributed by atoms with E-state index in [4.69, 9.17) is 0 Å². The fraction of sp³-hybridized carbons (Fsp3) is 0.150. The molecule has 2 aromatic carbocycles. The predicted molar refractivity (Wildman–Crippen MR) is 99.9 cm³/mol. The normalized spacial score (nSPS) is 11.1. The molecule has 0 atom stereocenters. The second kappa shape index (κ2) is 8.08. The average Bonchev–Trinajstić information content (AvgIpc) is 2.66. The highest BCUT2D eigenvalue weighted by molar-refractivity contribution is 6.03. The van der Waals surface area contributed by atoms with Crippen LogP contribution in [0, 0.1) is 6.92 Å². The van der Waals surface area contributed by atoms with Crippen LogP contribution in [0.1, 0.15) is 27.2 Å². The number of hydrogen-bond acceptors (Lipinski definition) is 4. The number of halogens is 3. The van der Waals surface area contributed by atoms with Crippen LogP contribution >= 0.6 is 0 Å². The maximum absolute atomic E-state index is 13.0. The van der Waals surface area contributed by atoms with E-state index in [2.05, 4.69) is 20.8 Å². The molecule has 8 heteroatoms. The van der Waals surface area contributed by atoms with Crippen LogP contribution in [-0.4, -0.2) is 16.1 Å². The molecular formula is C20H17F3N4O. The summed E-state index contributed by atoms with van der Waals surface area (Å²) >= 11 is 0. The lowest BCUT2D eigenvalue weighted by Crippen LogP contribution is -2.18. The van der Waals surface area contributed by atoms with Gasteiger partial charge >= 0.3 is 6.18 Å². The minimum absolute atomic E-state index is 0.0851. The van der Waals surface area contributed by atoms with Crippen molar-refractivity contribution in [2.45, 2.75) is 19.6 Å². The SMILES string of the molecule is Cc1cccc(CNc2ccc(C(=O)Nc3ccccc3C(F)(F)F)nn2)c1. The van der Waals surface area contributed by atoms with Crippen LogP contribution in [0.3, 0.4) is 0 Å². The number of aryl methyl sites for hydroxylation is 1. The lowest BCUT2D eigenvalue weighted by Gasteiger charge is -2.13. The molecule has 1 heterocycles. The van der Waals surface area contributed by atoms with Crippen LogP contribution in [0.25, 0.3) is 0 Å². The molecule has 1 aromatic heterocycles. The van der Waals surface area contributed by atoms with Crippen LogP contribution in [0.5, 0.6) is 0 Å². The molecule has 0 unspecified atom stereocenters. The van der Waals surface area contributed by atoms with E-state index in [9.17, 15) is 18.0 Å². The Kier molecular flexibility index (Phi) is 5.58. The van der Waals surface area contributed by atoms with Crippen molar-refractivity contribution in [3.05, 3.63) is 83.0 Å². The summed E-state index contributed by atoms with van der Waals surface area (Å²) in [5.74, 6) is -0.316. The second-order valence-corrected chi connectivity index (χ2v) is 6.14. The lowest BCUT2D eigenvalue weighted by molar-refractivity contribution is -0.136. The van der Waals surface area contributed by atoms with E-state index in [-0.39, 0.29) is 11.4 Å². The van der Waals surface area contributed by atoms with Gasteiger partial charge in [-0.3, -0.25) is 4.79 Å². The first-order valence-electron chi connectivity index (χ1n) is 8.43. The number of para-hydroxylation sites is 1. The Bertz CT molecular complexity index is 972. The van der Waals surface area contributed by atoms with E-state index in [0.717, 1.165) is 17.2 Å². The third kappa shape index (κ3) is 4.85. The van der Waals surface area contributed by atoms with Crippen LogP contribution in [0.4, 0.5) is 24.7 Å². The standard InChI is InChI=1S/C20H17F3N4O/c1-13-5-4-6-14(11-13)12-24-18-10-9-17(26-27-18)19(28)25-16-8-3-2-7-15(16)20(21,22)23/h2-11H,12H2,1H3,(H,24,27)(H,25,28). The number of alkyl halides is 3. The Labute approximate surface area is 159 Å². The molecule has 28 heavy (non-hydrogen) atoms. The number of hydrogen-bond donors (Lipinski definition) is 2. The number of amides is 1. The number of nitrogens with one attached hydrogen (secondary N) is 2. The topological polar surface area (TPSA) is 66.9 Å². The van der Waals surface area contributed by atoms with E-state index < -0.39 is 17.6 Å². The summed E-state index contributed by atoms with van der Waals surface area (Å²) in [4.78, 5) is 12.2. The van der Waals surface area contributed by atoms with Gasteiger partial charge in [0, 0.05) is 6.54 Å². The molecule has 3 rings (SSSR count). The number of carbonyl (C=O) groups is 1. The van der Waals surface area contributed by atoms with Gasteiger partial charge in [0.1, 0.15) is 5.82 Å². The fourth-order valence-corrected chi connectivity index (χ4v) is 2.59. The highest BCUT2D eigenvalue weighted by Crippen LogP contribution is 2.34. The molecule has 0 saturated carbocycles. The minimum atomic E-state index is -4.57. The Balaban J connectivity index is 1.66. The first-order valence-corrected chi connectivity index (χ1v) is 8.43.